The average molecular weight is 449 g/mol. The van der Waals surface area contributed by atoms with Crippen LogP contribution >= 0.6 is 0 Å². The summed E-state index contributed by atoms with van der Waals surface area (Å²) in [6, 6.07) is 22.8. The Hall–Kier alpha value is -3.12. The lowest BCUT2D eigenvalue weighted by atomic mass is 10.0. The van der Waals surface area contributed by atoms with Gasteiger partial charge >= 0.3 is 0 Å². The van der Waals surface area contributed by atoms with E-state index in [0.717, 1.165) is 18.4 Å². The van der Waals surface area contributed by atoms with Crippen molar-refractivity contribution in [1.82, 2.24) is 5.32 Å². The molecule has 1 aliphatic heterocycles. The Morgan fingerprint density at radius 1 is 0.906 bits per heavy atom. The van der Waals surface area contributed by atoms with Gasteiger partial charge in [-0.25, -0.2) is 8.42 Å². The molecule has 0 bridgehead atoms. The van der Waals surface area contributed by atoms with Crippen LogP contribution in [0.25, 0.3) is 11.1 Å². The van der Waals surface area contributed by atoms with Gasteiger partial charge in [-0.15, -0.1) is 0 Å². The number of carbonyl (C=O) groups is 1. The van der Waals surface area contributed by atoms with Crippen molar-refractivity contribution in [2.45, 2.75) is 37.5 Å². The van der Waals surface area contributed by atoms with E-state index in [0.29, 0.717) is 23.7 Å². The Morgan fingerprint density at radius 3 is 2.28 bits per heavy atom. The number of para-hydroxylation sites is 1. The van der Waals surface area contributed by atoms with Gasteiger partial charge in [0.25, 0.3) is 10.0 Å². The molecule has 0 unspecified atom stereocenters. The summed E-state index contributed by atoms with van der Waals surface area (Å²) in [6.45, 7) is 4.60. The Morgan fingerprint density at radius 2 is 1.56 bits per heavy atom. The van der Waals surface area contributed by atoms with E-state index in [4.69, 9.17) is 0 Å². The van der Waals surface area contributed by atoms with Crippen molar-refractivity contribution in [3.05, 3.63) is 83.9 Å². The van der Waals surface area contributed by atoms with Gasteiger partial charge in [-0.05, 0) is 42.0 Å². The van der Waals surface area contributed by atoms with E-state index in [1.807, 2.05) is 18.2 Å². The van der Waals surface area contributed by atoms with Crippen molar-refractivity contribution in [3.8, 4) is 11.1 Å². The first-order chi connectivity index (χ1) is 15.4. The van der Waals surface area contributed by atoms with Gasteiger partial charge in [0.05, 0.1) is 10.6 Å². The number of fused-ring (bicyclic) bond motifs is 3. The third-order valence-corrected chi connectivity index (χ3v) is 7.63. The number of amides is 1. The van der Waals surface area contributed by atoms with E-state index >= 15 is 0 Å². The minimum absolute atomic E-state index is 0.233. The fraction of sp³-hybridized carbons (Fsp3) is 0.269. The molecule has 1 heterocycles. The molecule has 3 aromatic rings. The van der Waals surface area contributed by atoms with Gasteiger partial charge in [0.1, 0.15) is 6.54 Å². The zero-order valence-corrected chi connectivity index (χ0v) is 19.2. The monoisotopic (exact) mass is 448 g/mol. The third kappa shape index (κ3) is 4.41. The summed E-state index contributed by atoms with van der Waals surface area (Å²) in [5.74, 6) is 0.199. The largest absolute Gasteiger partial charge is 0.355 e. The molecule has 4 rings (SSSR count). The van der Waals surface area contributed by atoms with E-state index in [1.165, 1.54) is 15.4 Å². The SMILES string of the molecule is CC(C)c1ccc(CCCNC(=O)CN2c3ccccc3-c3ccccc3S2(=O)=O)cc1. The number of hydrogen-bond donors (Lipinski definition) is 1. The first-order valence-electron chi connectivity index (χ1n) is 10.9. The molecule has 166 valence electrons. The molecule has 0 atom stereocenters. The summed E-state index contributed by atoms with van der Waals surface area (Å²) in [7, 11) is -3.80. The van der Waals surface area contributed by atoms with Gasteiger partial charge in [-0.3, -0.25) is 9.10 Å². The molecule has 0 aliphatic carbocycles. The van der Waals surface area contributed by atoms with Gasteiger partial charge in [0, 0.05) is 17.7 Å². The van der Waals surface area contributed by atoms with Crippen LogP contribution in [0.5, 0.6) is 0 Å². The summed E-state index contributed by atoms with van der Waals surface area (Å²) in [6.07, 6.45) is 1.65. The first kappa shape index (κ1) is 22.1. The molecule has 1 aliphatic rings. The topological polar surface area (TPSA) is 66.5 Å². The van der Waals surface area contributed by atoms with Gasteiger partial charge in [0.15, 0.2) is 0 Å². The summed E-state index contributed by atoms with van der Waals surface area (Å²) in [4.78, 5) is 12.9. The third-order valence-electron chi connectivity index (χ3n) is 5.82. The molecular formula is C26H28N2O3S. The predicted octanol–water partition coefficient (Wildman–Crippen LogP) is 4.73. The summed E-state index contributed by atoms with van der Waals surface area (Å²) in [5, 5.41) is 2.88. The molecule has 0 radical (unpaired) electrons. The van der Waals surface area contributed by atoms with Gasteiger partial charge in [-0.1, -0.05) is 74.5 Å². The molecular weight excluding hydrogens is 420 g/mol. The van der Waals surface area contributed by atoms with Crippen LogP contribution in [-0.4, -0.2) is 27.4 Å². The number of rotatable bonds is 7. The lowest BCUT2D eigenvalue weighted by Crippen LogP contribution is -2.42. The van der Waals surface area contributed by atoms with E-state index < -0.39 is 10.0 Å². The molecule has 1 amide bonds. The fourth-order valence-electron chi connectivity index (χ4n) is 4.03. The normalized spacial score (nSPS) is 14.0. The second-order valence-corrected chi connectivity index (χ2v) is 10.2. The van der Waals surface area contributed by atoms with Gasteiger partial charge in [0.2, 0.25) is 5.91 Å². The van der Waals surface area contributed by atoms with Crippen LogP contribution in [0.3, 0.4) is 0 Å². The molecule has 0 aromatic heterocycles. The minimum Gasteiger partial charge on any atom is -0.355 e. The highest BCUT2D eigenvalue weighted by Crippen LogP contribution is 2.42. The highest BCUT2D eigenvalue weighted by atomic mass is 32.2. The second kappa shape index (κ2) is 9.17. The Labute approximate surface area is 190 Å². The molecule has 32 heavy (non-hydrogen) atoms. The summed E-state index contributed by atoms with van der Waals surface area (Å²) in [5.41, 5.74) is 4.56. The van der Waals surface area contributed by atoms with Crippen molar-refractivity contribution >= 4 is 21.6 Å². The molecule has 5 nitrogen and oxygen atoms in total. The minimum atomic E-state index is -3.80. The zero-order chi connectivity index (χ0) is 22.7. The lowest BCUT2D eigenvalue weighted by Gasteiger charge is -2.31. The van der Waals surface area contributed by atoms with Crippen molar-refractivity contribution in [3.63, 3.8) is 0 Å². The van der Waals surface area contributed by atoms with Crippen LogP contribution in [0, 0.1) is 0 Å². The standard InChI is InChI=1S/C26H28N2O3S/c1-19(2)21-15-13-20(14-16-21)8-7-17-27-26(29)18-28-24-11-5-3-9-22(24)23-10-4-6-12-25(23)32(28,30)31/h3-6,9-16,19H,7-8,17-18H2,1-2H3,(H,27,29). The molecule has 3 aromatic carbocycles. The highest BCUT2D eigenvalue weighted by Gasteiger charge is 2.35. The maximum absolute atomic E-state index is 13.2. The molecule has 0 saturated heterocycles. The van der Waals surface area contributed by atoms with Crippen LogP contribution < -0.4 is 9.62 Å². The van der Waals surface area contributed by atoms with Gasteiger partial charge < -0.3 is 5.32 Å². The number of hydrogen-bond acceptors (Lipinski definition) is 3. The summed E-state index contributed by atoms with van der Waals surface area (Å²) < 4.78 is 27.7. The van der Waals surface area contributed by atoms with Gasteiger partial charge in [-0.2, -0.15) is 0 Å². The van der Waals surface area contributed by atoms with Crippen LogP contribution in [0.4, 0.5) is 5.69 Å². The van der Waals surface area contributed by atoms with E-state index in [1.54, 1.807) is 30.3 Å². The number of nitrogens with one attached hydrogen (secondary N) is 1. The molecule has 0 saturated carbocycles. The van der Waals surface area contributed by atoms with Crippen LogP contribution in [0.1, 0.15) is 37.3 Å². The predicted molar refractivity (Wildman–Crippen MR) is 128 cm³/mol. The first-order valence-corrected chi connectivity index (χ1v) is 12.4. The number of aryl methyl sites for hydroxylation is 1. The van der Waals surface area contributed by atoms with Crippen molar-refractivity contribution in [2.75, 3.05) is 17.4 Å². The zero-order valence-electron chi connectivity index (χ0n) is 18.4. The van der Waals surface area contributed by atoms with Crippen molar-refractivity contribution in [1.29, 1.82) is 0 Å². The number of sulfonamides is 1. The Balaban J connectivity index is 1.40. The number of benzene rings is 3. The number of carbonyl (C=O) groups excluding carboxylic acids is 1. The van der Waals surface area contributed by atoms with Crippen molar-refractivity contribution < 1.29 is 13.2 Å². The number of anilines is 1. The maximum Gasteiger partial charge on any atom is 0.265 e. The molecule has 0 spiro atoms. The van der Waals surface area contributed by atoms with Crippen molar-refractivity contribution in [2.24, 2.45) is 0 Å². The quantitative estimate of drug-likeness (QED) is 0.531. The van der Waals surface area contributed by atoms with Crippen LogP contribution in [0.2, 0.25) is 0 Å². The smallest absolute Gasteiger partial charge is 0.265 e. The molecule has 6 heteroatoms. The molecule has 0 fully saturated rings. The lowest BCUT2D eigenvalue weighted by molar-refractivity contribution is -0.119. The van der Waals surface area contributed by atoms with E-state index in [9.17, 15) is 13.2 Å². The second-order valence-electron chi connectivity index (χ2n) is 8.37. The maximum atomic E-state index is 13.2. The Kier molecular flexibility index (Phi) is 6.33. The number of nitrogens with zero attached hydrogens (tertiary/aromatic N) is 1. The molecule has 1 N–H and O–H groups in total. The van der Waals surface area contributed by atoms with E-state index in [-0.39, 0.29) is 17.3 Å². The highest BCUT2D eigenvalue weighted by molar-refractivity contribution is 7.93. The van der Waals surface area contributed by atoms with Crippen LogP contribution in [-0.2, 0) is 21.2 Å². The summed E-state index contributed by atoms with van der Waals surface area (Å²) >= 11 is 0. The average Bonchev–Trinajstić information content (AvgIpc) is 2.80. The fourth-order valence-corrected chi connectivity index (χ4v) is 5.68. The van der Waals surface area contributed by atoms with Crippen LogP contribution in [0.15, 0.2) is 77.7 Å². The van der Waals surface area contributed by atoms with E-state index in [2.05, 4.69) is 43.4 Å². The Bertz CT molecular complexity index is 1220.